The number of rotatable bonds is 4. The minimum Gasteiger partial charge on any atom is -0.486 e. The summed E-state index contributed by atoms with van der Waals surface area (Å²) < 4.78 is 11.3. The number of hydrogen-bond donors (Lipinski definition) is 1. The number of hydrogen-bond acceptors (Lipinski definition) is 3. The van der Waals surface area contributed by atoms with Gasteiger partial charge >= 0.3 is 0 Å². The van der Waals surface area contributed by atoms with Crippen LogP contribution in [0.4, 0.5) is 0 Å². The molecule has 80 valence electrons. The highest BCUT2D eigenvalue weighted by molar-refractivity contribution is 5.40. The molecule has 0 bridgehead atoms. The average molecular weight is 205 g/mol. The van der Waals surface area contributed by atoms with E-state index in [0.29, 0.717) is 6.61 Å². The van der Waals surface area contributed by atoms with Crippen molar-refractivity contribution in [2.45, 2.75) is 6.10 Å². The van der Waals surface area contributed by atoms with Crippen molar-refractivity contribution in [3.05, 3.63) is 36.9 Å². The largest absolute Gasteiger partial charge is 0.486 e. The molecule has 0 radical (unpaired) electrons. The van der Waals surface area contributed by atoms with Gasteiger partial charge in [0, 0.05) is 13.1 Å². The molecule has 0 fully saturated rings. The summed E-state index contributed by atoms with van der Waals surface area (Å²) in [6.07, 6.45) is 1.91. The third kappa shape index (κ3) is 2.50. The second kappa shape index (κ2) is 4.84. The van der Waals surface area contributed by atoms with Gasteiger partial charge < -0.3 is 14.8 Å². The van der Waals surface area contributed by atoms with Gasteiger partial charge in [0.15, 0.2) is 11.5 Å². The Labute approximate surface area is 89.7 Å². The first-order valence-electron chi connectivity index (χ1n) is 5.10. The molecule has 0 aromatic heterocycles. The molecule has 1 heterocycles. The topological polar surface area (TPSA) is 30.5 Å². The van der Waals surface area contributed by atoms with Gasteiger partial charge in [-0.15, -0.1) is 6.58 Å². The molecule has 3 heteroatoms. The minimum atomic E-state index is 0.0832. The van der Waals surface area contributed by atoms with E-state index >= 15 is 0 Å². The van der Waals surface area contributed by atoms with Gasteiger partial charge in [0.05, 0.1) is 0 Å². The van der Waals surface area contributed by atoms with Crippen LogP contribution in [0.2, 0.25) is 0 Å². The number of fused-ring (bicyclic) bond motifs is 1. The molecule has 1 unspecified atom stereocenters. The highest BCUT2D eigenvalue weighted by Crippen LogP contribution is 2.30. The number of benzene rings is 1. The molecule has 1 atom stereocenters. The number of ether oxygens (including phenoxy) is 2. The molecule has 0 aliphatic carbocycles. The zero-order valence-electron chi connectivity index (χ0n) is 8.61. The second-order valence-corrected chi connectivity index (χ2v) is 3.44. The van der Waals surface area contributed by atoms with Gasteiger partial charge in [-0.3, -0.25) is 0 Å². The summed E-state index contributed by atoms with van der Waals surface area (Å²) in [7, 11) is 0. The summed E-state index contributed by atoms with van der Waals surface area (Å²) >= 11 is 0. The maximum Gasteiger partial charge on any atom is 0.161 e. The fourth-order valence-corrected chi connectivity index (χ4v) is 1.51. The Morgan fingerprint density at radius 1 is 1.40 bits per heavy atom. The van der Waals surface area contributed by atoms with Gasteiger partial charge in [-0.05, 0) is 12.1 Å². The molecule has 0 saturated heterocycles. The van der Waals surface area contributed by atoms with Crippen molar-refractivity contribution in [2.75, 3.05) is 19.7 Å². The monoisotopic (exact) mass is 205 g/mol. The van der Waals surface area contributed by atoms with Crippen molar-refractivity contribution in [2.24, 2.45) is 0 Å². The van der Waals surface area contributed by atoms with Gasteiger partial charge in [-0.25, -0.2) is 0 Å². The zero-order valence-corrected chi connectivity index (χ0v) is 8.61. The molecule has 3 nitrogen and oxygen atoms in total. The Morgan fingerprint density at radius 3 is 3.00 bits per heavy atom. The summed E-state index contributed by atoms with van der Waals surface area (Å²) in [4.78, 5) is 0. The third-order valence-corrected chi connectivity index (χ3v) is 2.23. The molecular formula is C12H15NO2. The third-order valence-electron chi connectivity index (χ3n) is 2.23. The van der Waals surface area contributed by atoms with Crippen LogP contribution in [0.3, 0.4) is 0 Å². The molecule has 1 aromatic carbocycles. The molecule has 0 saturated carbocycles. The summed E-state index contributed by atoms with van der Waals surface area (Å²) in [5.41, 5.74) is 0. The standard InChI is InChI=1S/C12H15NO2/c1-2-7-13-8-10-9-14-11-5-3-4-6-12(11)15-10/h2-6,10,13H,1,7-9H2. The van der Waals surface area contributed by atoms with E-state index in [0.717, 1.165) is 24.6 Å². The van der Waals surface area contributed by atoms with E-state index in [1.165, 1.54) is 0 Å². The predicted molar refractivity (Wildman–Crippen MR) is 59.4 cm³/mol. The predicted octanol–water partition coefficient (Wildman–Crippen LogP) is 1.60. The van der Waals surface area contributed by atoms with Crippen LogP contribution in [0, 0.1) is 0 Å². The molecule has 15 heavy (non-hydrogen) atoms. The summed E-state index contributed by atoms with van der Waals surface area (Å²) in [5.74, 6) is 1.66. The lowest BCUT2D eigenvalue weighted by molar-refractivity contribution is 0.0912. The van der Waals surface area contributed by atoms with Crippen LogP contribution >= 0.6 is 0 Å². The van der Waals surface area contributed by atoms with Crippen molar-refractivity contribution < 1.29 is 9.47 Å². The van der Waals surface area contributed by atoms with E-state index in [4.69, 9.17) is 9.47 Å². The average Bonchev–Trinajstić information content (AvgIpc) is 2.29. The summed E-state index contributed by atoms with van der Waals surface area (Å²) in [6, 6.07) is 7.73. The van der Waals surface area contributed by atoms with E-state index in [1.807, 2.05) is 30.3 Å². The van der Waals surface area contributed by atoms with Crippen molar-refractivity contribution in [1.29, 1.82) is 0 Å². The summed E-state index contributed by atoms with van der Waals surface area (Å²) in [6.45, 7) is 5.81. The van der Waals surface area contributed by atoms with Crippen LogP contribution in [0.1, 0.15) is 0 Å². The Bertz CT molecular complexity index is 338. The van der Waals surface area contributed by atoms with Crippen molar-refractivity contribution >= 4 is 0 Å². The maximum absolute atomic E-state index is 5.76. The molecule has 1 aromatic rings. The molecule has 0 spiro atoms. The number of nitrogens with one attached hydrogen (secondary N) is 1. The van der Waals surface area contributed by atoms with Crippen LogP contribution in [-0.2, 0) is 0 Å². The van der Waals surface area contributed by atoms with E-state index < -0.39 is 0 Å². The van der Waals surface area contributed by atoms with Crippen molar-refractivity contribution in [3.8, 4) is 11.5 Å². The quantitative estimate of drug-likeness (QED) is 0.598. The van der Waals surface area contributed by atoms with E-state index in [2.05, 4.69) is 11.9 Å². The van der Waals surface area contributed by atoms with Crippen LogP contribution in [0.25, 0.3) is 0 Å². The molecule has 2 rings (SSSR count). The Balaban J connectivity index is 1.91. The van der Waals surface area contributed by atoms with Crippen molar-refractivity contribution in [3.63, 3.8) is 0 Å². The second-order valence-electron chi connectivity index (χ2n) is 3.44. The first kappa shape index (κ1) is 10.1. The smallest absolute Gasteiger partial charge is 0.161 e. The van der Waals surface area contributed by atoms with Gasteiger partial charge in [0.1, 0.15) is 12.7 Å². The molecule has 1 aliphatic heterocycles. The first-order chi connectivity index (χ1) is 7.40. The SMILES string of the molecule is C=CCNCC1COc2ccccc2O1. The highest BCUT2D eigenvalue weighted by atomic mass is 16.6. The van der Waals surface area contributed by atoms with E-state index in [1.54, 1.807) is 0 Å². The lowest BCUT2D eigenvalue weighted by Gasteiger charge is -2.26. The number of para-hydroxylation sites is 2. The molecule has 1 N–H and O–H groups in total. The van der Waals surface area contributed by atoms with Gasteiger partial charge in [0.2, 0.25) is 0 Å². The Kier molecular flexibility index (Phi) is 3.25. The zero-order chi connectivity index (χ0) is 10.5. The molecule has 1 aliphatic rings. The Morgan fingerprint density at radius 2 is 2.20 bits per heavy atom. The van der Waals surface area contributed by atoms with Gasteiger partial charge in [-0.1, -0.05) is 18.2 Å². The Hall–Kier alpha value is -1.48. The van der Waals surface area contributed by atoms with Crippen LogP contribution in [0.5, 0.6) is 11.5 Å². The van der Waals surface area contributed by atoms with Crippen LogP contribution < -0.4 is 14.8 Å². The van der Waals surface area contributed by atoms with E-state index in [9.17, 15) is 0 Å². The summed E-state index contributed by atoms with van der Waals surface area (Å²) in [5, 5.41) is 3.21. The van der Waals surface area contributed by atoms with Crippen LogP contribution in [0.15, 0.2) is 36.9 Å². The lowest BCUT2D eigenvalue weighted by Crippen LogP contribution is -2.38. The maximum atomic E-state index is 5.76. The highest BCUT2D eigenvalue weighted by Gasteiger charge is 2.19. The lowest BCUT2D eigenvalue weighted by atomic mass is 10.2. The molecule has 0 amide bonds. The van der Waals surface area contributed by atoms with Gasteiger partial charge in [-0.2, -0.15) is 0 Å². The molecular weight excluding hydrogens is 190 g/mol. The van der Waals surface area contributed by atoms with E-state index in [-0.39, 0.29) is 6.10 Å². The van der Waals surface area contributed by atoms with Crippen molar-refractivity contribution in [1.82, 2.24) is 5.32 Å². The minimum absolute atomic E-state index is 0.0832. The normalized spacial score (nSPS) is 18.5. The first-order valence-corrected chi connectivity index (χ1v) is 5.10. The fraction of sp³-hybridized carbons (Fsp3) is 0.333. The van der Waals surface area contributed by atoms with Crippen LogP contribution in [-0.4, -0.2) is 25.8 Å². The van der Waals surface area contributed by atoms with Gasteiger partial charge in [0.25, 0.3) is 0 Å². The fourth-order valence-electron chi connectivity index (χ4n) is 1.51.